The molecule has 1 atom stereocenters. The molecule has 0 fully saturated rings. The highest BCUT2D eigenvalue weighted by atomic mass is 79.9. The summed E-state index contributed by atoms with van der Waals surface area (Å²) in [6, 6.07) is 10.8. The van der Waals surface area contributed by atoms with Gasteiger partial charge in [0.25, 0.3) is 0 Å². The summed E-state index contributed by atoms with van der Waals surface area (Å²) in [6.07, 6.45) is -0.744. The van der Waals surface area contributed by atoms with Crippen LogP contribution in [0.3, 0.4) is 0 Å². The molecule has 0 spiro atoms. The van der Waals surface area contributed by atoms with Crippen LogP contribution in [0.4, 0.5) is 0 Å². The lowest BCUT2D eigenvalue weighted by Crippen LogP contribution is -2.02. The molecule has 0 heterocycles. The Hall–Kier alpha value is -0.550. The van der Waals surface area contributed by atoms with Crippen LogP contribution >= 0.6 is 43.5 Å². The van der Waals surface area contributed by atoms with Crippen molar-refractivity contribution in [2.24, 2.45) is 0 Å². The van der Waals surface area contributed by atoms with E-state index in [-0.39, 0.29) is 0 Å². The van der Waals surface area contributed by atoms with E-state index in [0.29, 0.717) is 5.02 Å². The van der Waals surface area contributed by atoms with Crippen molar-refractivity contribution in [3.63, 3.8) is 0 Å². The summed E-state index contributed by atoms with van der Waals surface area (Å²) < 4.78 is 6.70. The van der Waals surface area contributed by atoms with Crippen LogP contribution in [-0.4, -0.2) is 12.2 Å². The average Bonchev–Trinajstić information content (AvgIpc) is 2.37. The van der Waals surface area contributed by atoms with Crippen molar-refractivity contribution < 1.29 is 9.84 Å². The molecule has 2 aromatic rings. The molecule has 0 amide bonds. The van der Waals surface area contributed by atoms with Crippen molar-refractivity contribution in [3.05, 3.63) is 61.5 Å². The minimum absolute atomic E-state index is 0.622. The van der Waals surface area contributed by atoms with Gasteiger partial charge in [0.05, 0.1) is 7.11 Å². The van der Waals surface area contributed by atoms with Crippen molar-refractivity contribution in [1.29, 1.82) is 0 Å². The Morgan fingerprint density at radius 1 is 1.05 bits per heavy atom. The summed E-state index contributed by atoms with van der Waals surface area (Å²) in [5.41, 5.74) is 1.53. The van der Waals surface area contributed by atoms with Gasteiger partial charge in [-0.2, -0.15) is 0 Å². The van der Waals surface area contributed by atoms with Gasteiger partial charge >= 0.3 is 0 Å². The number of methoxy groups -OCH3 is 1. The van der Waals surface area contributed by atoms with Gasteiger partial charge in [-0.05, 0) is 35.4 Å². The Bertz CT molecular complexity index is 602. The first kappa shape index (κ1) is 14.9. The fourth-order valence-electron chi connectivity index (χ4n) is 1.75. The van der Waals surface area contributed by atoms with Crippen LogP contribution in [-0.2, 0) is 0 Å². The maximum atomic E-state index is 10.5. The first-order chi connectivity index (χ1) is 9.02. The maximum absolute atomic E-state index is 10.5. The highest BCUT2D eigenvalue weighted by molar-refractivity contribution is 9.10. The van der Waals surface area contributed by atoms with Gasteiger partial charge in [-0.1, -0.05) is 55.6 Å². The SMILES string of the molecule is COc1ccc(C(O)c2ccc(Cl)cc2Br)c(Br)c1. The van der Waals surface area contributed by atoms with E-state index in [1.807, 2.05) is 18.2 Å². The average molecular weight is 407 g/mol. The summed E-state index contributed by atoms with van der Waals surface area (Å²) in [4.78, 5) is 0. The largest absolute Gasteiger partial charge is 0.497 e. The second-order valence-electron chi connectivity index (χ2n) is 3.96. The zero-order chi connectivity index (χ0) is 14.0. The predicted octanol–water partition coefficient (Wildman–Crippen LogP) is 4.96. The van der Waals surface area contributed by atoms with Crippen LogP contribution in [0.5, 0.6) is 5.75 Å². The first-order valence-electron chi connectivity index (χ1n) is 5.49. The van der Waals surface area contributed by atoms with Crippen LogP contribution < -0.4 is 4.74 Å². The van der Waals surface area contributed by atoms with E-state index in [2.05, 4.69) is 31.9 Å². The number of halogens is 3. The first-order valence-corrected chi connectivity index (χ1v) is 7.45. The van der Waals surface area contributed by atoms with Gasteiger partial charge in [-0.25, -0.2) is 0 Å². The smallest absolute Gasteiger partial charge is 0.120 e. The molecule has 5 heteroatoms. The zero-order valence-corrected chi connectivity index (χ0v) is 14.0. The molecule has 0 aliphatic heterocycles. The fraction of sp³-hybridized carbons (Fsp3) is 0.143. The van der Waals surface area contributed by atoms with Crippen molar-refractivity contribution >= 4 is 43.5 Å². The normalized spacial score (nSPS) is 12.3. The van der Waals surface area contributed by atoms with Crippen molar-refractivity contribution in [3.8, 4) is 5.75 Å². The molecule has 2 nitrogen and oxygen atoms in total. The Kier molecular flexibility index (Phi) is 4.90. The van der Waals surface area contributed by atoms with E-state index in [4.69, 9.17) is 16.3 Å². The Balaban J connectivity index is 2.41. The highest BCUT2D eigenvalue weighted by Gasteiger charge is 2.17. The number of rotatable bonds is 3. The molecule has 1 unspecified atom stereocenters. The number of ether oxygens (including phenoxy) is 1. The van der Waals surface area contributed by atoms with Crippen LogP contribution in [0.25, 0.3) is 0 Å². The maximum Gasteiger partial charge on any atom is 0.120 e. The molecule has 2 rings (SSSR count). The second-order valence-corrected chi connectivity index (χ2v) is 6.10. The van der Waals surface area contributed by atoms with E-state index < -0.39 is 6.10 Å². The monoisotopic (exact) mass is 404 g/mol. The van der Waals surface area contributed by atoms with E-state index >= 15 is 0 Å². The zero-order valence-electron chi connectivity index (χ0n) is 10.0. The minimum atomic E-state index is -0.744. The van der Waals surface area contributed by atoms with Crippen LogP contribution in [0.15, 0.2) is 45.3 Å². The minimum Gasteiger partial charge on any atom is -0.497 e. The van der Waals surface area contributed by atoms with Gasteiger partial charge in [0.15, 0.2) is 0 Å². The summed E-state index contributed by atoms with van der Waals surface area (Å²) in [6.45, 7) is 0. The third kappa shape index (κ3) is 3.31. The molecule has 19 heavy (non-hydrogen) atoms. The number of hydrogen-bond donors (Lipinski definition) is 1. The molecule has 0 saturated heterocycles. The molecule has 2 aromatic carbocycles. The lowest BCUT2D eigenvalue weighted by Gasteiger charge is -2.16. The third-order valence-electron chi connectivity index (χ3n) is 2.76. The Morgan fingerprint density at radius 3 is 2.16 bits per heavy atom. The van der Waals surface area contributed by atoms with Gasteiger partial charge < -0.3 is 9.84 Å². The number of hydrogen-bond acceptors (Lipinski definition) is 2. The van der Waals surface area contributed by atoms with Crippen LogP contribution in [0.1, 0.15) is 17.2 Å². The highest BCUT2D eigenvalue weighted by Crippen LogP contribution is 2.35. The molecule has 100 valence electrons. The van der Waals surface area contributed by atoms with Gasteiger partial charge in [-0.15, -0.1) is 0 Å². The molecule has 0 bridgehead atoms. The van der Waals surface area contributed by atoms with Crippen molar-refractivity contribution in [1.82, 2.24) is 0 Å². The van der Waals surface area contributed by atoms with E-state index in [9.17, 15) is 5.11 Å². The Morgan fingerprint density at radius 2 is 1.63 bits per heavy atom. The third-order valence-corrected chi connectivity index (χ3v) is 4.37. The lowest BCUT2D eigenvalue weighted by atomic mass is 10.0. The molecule has 0 saturated carbocycles. The fourth-order valence-corrected chi connectivity index (χ4v) is 3.22. The molecule has 0 aliphatic carbocycles. The predicted molar refractivity (Wildman–Crippen MR) is 83.9 cm³/mol. The van der Waals surface area contributed by atoms with Crippen LogP contribution in [0.2, 0.25) is 5.02 Å². The second kappa shape index (κ2) is 6.27. The lowest BCUT2D eigenvalue weighted by molar-refractivity contribution is 0.218. The van der Waals surface area contributed by atoms with E-state index in [0.717, 1.165) is 25.8 Å². The number of aliphatic hydroxyl groups is 1. The molecule has 0 aliphatic rings. The van der Waals surface area contributed by atoms with Crippen LogP contribution in [0, 0.1) is 0 Å². The summed E-state index contributed by atoms with van der Waals surface area (Å²) >= 11 is 12.8. The van der Waals surface area contributed by atoms with Gasteiger partial charge in [0.1, 0.15) is 11.9 Å². The van der Waals surface area contributed by atoms with Gasteiger partial charge in [0, 0.05) is 14.0 Å². The van der Waals surface area contributed by atoms with Crippen molar-refractivity contribution in [2.45, 2.75) is 6.10 Å². The standard InChI is InChI=1S/C14H11Br2ClO2/c1-19-9-3-5-11(13(16)7-9)14(18)10-4-2-8(17)6-12(10)15/h2-7,14,18H,1H3. The molecule has 0 radical (unpaired) electrons. The topological polar surface area (TPSA) is 29.5 Å². The number of aliphatic hydroxyl groups excluding tert-OH is 1. The Labute approximate surface area is 133 Å². The summed E-state index contributed by atoms with van der Waals surface area (Å²) in [5.74, 6) is 0.734. The molecule has 0 aromatic heterocycles. The van der Waals surface area contributed by atoms with E-state index in [1.165, 1.54) is 0 Å². The molecular weight excluding hydrogens is 395 g/mol. The van der Waals surface area contributed by atoms with Gasteiger partial charge in [-0.3, -0.25) is 0 Å². The number of benzene rings is 2. The summed E-state index contributed by atoms with van der Waals surface area (Å²) in [5, 5.41) is 11.1. The van der Waals surface area contributed by atoms with E-state index in [1.54, 1.807) is 25.3 Å². The molecular formula is C14H11Br2ClO2. The molecule has 1 N–H and O–H groups in total. The van der Waals surface area contributed by atoms with Gasteiger partial charge in [0.2, 0.25) is 0 Å². The summed E-state index contributed by atoms with van der Waals surface area (Å²) in [7, 11) is 1.60. The quantitative estimate of drug-likeness (QED) is 0.781. The van der Waals surface area contributed by atoms with Crippen molar-refractivity contribution in [2.75, 3.05) is 7.11 Å².